The molecule has 0 atom stereocenters. The SMILES string of the molecule is Cc1onc(-c2ccccc2Cl)c1C(=O)NCCCOC(C)C. The van der Waals surface area contributed by atoms with Gasteiger partial charge < -0.3 is 14.6 Å². The van der Waals surface area contributed by atoms with Gasteiger partial charge in [-0.2, -0.15) is 0 Å². The summed E-state index contributed by atoms with van der Waals surface area (Å²) in [7, 11) is 0. The van der Waals surface area contributed by atoms with Crippen molar-refractivity contribution in [3.05, 3.63) is 40.6 Å². The van der Waals surface area contributed by atoms with E-state index in [1.54, 1.807) is 13.0 Å². The fraction of sp³-hybridized carbons (Fsp3) is 0.412. The molecule has 2 rings (SSSR count). The third-order valence-corrected chi connectivity index (χ3v) is 3.61. The van der Waals surface area contributed by atoms with E-state index < -0.39 is 0 Å². The van der Waals surface area contributed by atoms with Gasteiger partial charge in [0.15, 0.2) is 0 Å². The third kappa shape index (κ3) is 4.56. The number of amides is 1. The van der Waals surface area contributed by atoms with Gasteiger partial charge in [0.05, 0.1) is 11.1 Å². The zero-order chi connectivity index (χ0) is 16.8. The van der Waals surface area contributed by atoms with Gasteiger partial charge in [-0.25, -0.2) is 0 Å². The molecule has 1 N–H and O–H groups in total. The Morgan fingerprint density at radius 2 is 2.13 bits per heavy atom. The van der Waals surface area contributed by atoms with E-state index >= 15 is 0 Å². The minimum atomic E-state index is -0.219. The van der Waals surface area contributed by atoms with Crippen LogP contribution in [0.2, 0.25) is 5.02 Å². The van der Waals surface area contributed by atoms with E-state index in [1.807, 2.05) is 32.0 Å². The van der Waals surface area contributed by atoms with Gasteiger partial charge in [-0.1, -0.05) is 35.0 Å². The maximum Gasteiger partial charge on any atom is 0.257 e. The number of ether oxygens (including phenoxy) is 1. The highest BCUT2D eigenvalue weighted by Gasteiger charge is 2.22. The topological polar surface area (TPSA) is 64.4 Å². The van der Waals surface area contributed by atoms with Crippen LogP contribution in [0.3, 0.4) is 0 Å². The average molecular weight is 337 g/mol. The lowest BCUT2D eigenvalue weighted by molar-refractivity contribution is 0.0757. The van der Waals surface area contributed by atoms with Gasteiger partial charge in [0.25, 0.3) is 5.91 Å². The van der Waals surface area contributed by atoms with Gasteiger partial charge in [-0.3, -0.25) is 4.79 Å². The molecule has 0 aliphatic rings. The number of benzene rings is 1. The van der Waals surface area contributed by atoms with Crippen LogP contribution in [0, 0.1) is 6.92 Å². The highest BCUT2D eigenvalue weighted by molar-refractivity contribution is 6.33. The highest BCUT2D eigenvalue weighted by atomic mass is 35.5. The van der Waals surface area contributed by atoms with E-state index in [1.165, 1.54) is 0 Å². The lowest BCUT2D eigenvalue weighted by Crippen LogP contribution is -2.26. The Balaban J connectivity index is 2.07. The van der Waals surface area contributed by atoms with Crippen molar-refractivity contribution in [3.63, 3.8) is 0 Å². The zero-order valence-electron chi connectivity index (χ0n) is 13.6. The van der Waals surface area contributed by atoms with Crippen LogP contribution in [0.5, 0.6) is 0 Å². The molecule has 1 amide bonds. The first-order valence-corrected chi connectivity index (χ1v) is 7.99. The first-order valence-electron chi connectivity index (χ1n) is 7.61. The molecule has 1 aromatic heterocycles. The van der Waals surface area contributed by atoms with Crippen molar-refractivity contribution in [2.45, 2.75) is 33.3 Å². The molecular weight excluding hydrogens is 316 g/mol. The maximum atomic E-state index is 12.4. The van der Waals surface area contributed by atoms with E-state index in [-0.39, 0.29) is 12.0 Å². The first-order chi connectivity index (χ1) is 11.0. The number of aryl methyl sites for hydroxylation is 1. The van der Waals surface area contributed by atoms with Crippen LogP contribution in [0.25, 0.3) is 11.3 Å². The van der Waals surface area contributed by atoms with Crippen molar-refractivity contribution < 1.29 is 14.1 Å². The third-order valence-electron chi connectivity index (χ3n) is 3.28. The van der Waals surface area contributed by atoms with Gasteiger partial charge in [0.1, 0.15) is 17.0 Å². The summed E-state index contributed by atoms with van der Waals surface area (Å²) in [5, 5.41) is 7.39. The summed E-state index contributed by atoms with van der Waals surface area (Å²) in [4.78, 5) is 12.4. The molecule has 1 heterocycles. The lowest BCUT2D eigenvalue weighted by Gasteiger charge is -2.09. The number of rotatable bonds is 7. The second-order valence-electron chi connectivity index (χ2n) is 5.47. The van der Waals surface area contributed by atoms with Gasteiger partial charge in [-0.15, -0.1) is 0 Å². The van der Waals surface area contributed by atoms with Crippen LogP contribution in [-0.4, -0.2) is 30.3 Å². The van der Waals surface area contributed by atoms with E-state index in [0.29, 0.717) is 40.8 Å². The maximum absolute atomic E-state index is 12.4. The molecule has 124 valence electrons. The van der Waals surface area contributed by atoms with Crippen molar-refractivity contribution in [3.8, 4) is 11.3 Å². The molecule has 0 unspecified atom stereocenters. The molecule has 0 spiro atoms. The summed E-state index contributed by atoms with van der Waals surface area (Å²) in [5.74, 6) is 0.249. The van der Waals surface area contributed by atoms with Gasteiger partial charge in [0.2, 0.25) is 0 Å². The van der Waals surface area contributed by atoms with Crippen molar-refractivity contribution in [2.24, 2.45) is 0 Å². The molecule has 6 heteroatoms. The van der Waals surface area contributed by atoms with Crippen LogP contribution in [0.15, 0.2) is 28.8 Å². The Hall–Kier alpha value is -1.85. The Morgan fingerprint density at radius 1 is 1.39 bits per heavy atom. The molecule has 23 heavy (non-hydrogen) atoms. The predicted octanol–water partition coefficient (Wildman–Crippen LogP) is 3.85. The number of nitrogens with zero attached hydrogens (tertiary/aromatic N) is 1. The smallest absolute Gasteiger partial charge is 0.257 e. The number of carbonyl (C=O) groups is 1. The fourth-order valence-corrected chi connectivity index (χ4v) is 2.38. The monoisotopic (exact) mass is 336 g/mol. The Morgan fingerprint density at radius 3 is 2.83 bits per heavy atom. The van der Waals surface area contributed by atoms with E-state index in [4.69, 9.17) is 20.9 Å². The van der Waals surface area contributed by atoms with Crippen LogP contribution in [0.4, 0.5) is 0 Å². The van der Waals surface area contributed by atoms with Crippen molar-refractivity contribution >= 4 is 17.5 Å². The Kier molecular flexibility index (Phi) is 6.19. The summed E-state index contributed by atoms with van der Waals surface area (Å²) < 4.78 is 10.6. The minimum absolute atomic E-state index is 0.192. The number of aromatic nitrogens is 1. The van der Waals surface area contributed by atoms with E-state index in [0.717, 1.165) is 6.42 Å². The predicted molar refractivity (Wildman–Crippen MR) is 89.7 cm³/mol. The van der Waals surface area contributed by atoms with Crippen LogP contribution in [0.1, 0.15) is 36.4 Å². The molecular formula is C17H21ClN2O3. The van der Waals surface area contributed by atoms with Crippen LogP contribution >= 0.6 is 11.6 Å². The summed E-state index contributed by atoms with van der Waals surface area (Å²) in [5.41, 5.74) is 1.56. The summed E-state index contributed by atoms with van der Waals surface area (Å²) in [6.45, 7) is 6.81. The van der Waals surface area contributed by atoms with Crippen molar-refractivity contribution in [2.75, 3.05) is 13.2 Å². The van der Waals surface area contributed by atoms with Gasteiger partial charge >= 0.3 is 0 Å². The second kappa shape index (κ2) is 8.13. The van der Waals surface area contributed by atoms with Crippen LogP contribution < -0.4 is 5.32 Å². The molecule has 0 radical (unpaired) electrons. The van der Waals surface area contributed by atoms with Gasteiger partial charge in [-0.05, 0) is 33.3 Å². The number of hydrogen-bond donors (Lipinski definition) is 1. The quantitative estimate of drug-likeness (QED) is 0.780. The summed E-state index contributed by atoms with van der Waals surface area (Å²) in [6, 6.07) is 7.24. The molecule has 1 aromatic carbocycles. The number of carbonyl (C=O) groups excluding carboxylic acids is 1. The van der Waals surface area contributed by atoms with Crippen LogP contribution in [-0.2, 0) is 4.74 Å². The number of hydrogen-bond acceptors (Lipinski definition) is 4. The Labute approximate surface area is 141 Å². The van der Waals surface area contributed by atoms with E-state index in [2.05, 4.69) is 10.5 Å². The molecule has 0 aliphatic carbocycles. The molecule has 0 bridgehead atoms. The summed E-state index contributed by atoms with van der Waals surface area (Å²) in [6.07, 6.45) is 0.938. The molecule has 2 aromatic rings. The average Bonchev–Trinajstić information content (AvgIpc) is 2.88. The molecule has 5 nitrogen and oxygen atoms in total. The summed E-state index contributed by atoms with van der Waals surface area (Å²) >= 11 is 6.19. The molecule has 0 saturated carbocycles. The fourth-order valence-electron chi connectivity index (χ4n) is 2.16. The standard InChI is InChI=1S/C17H21ClN2O3/c1-11(2)22-10-6-9-19-17(21)15-12(3)23-20-16(15)13-7-4-5-8-14(13)18/h4-5,7-8,11H,6,9-10H2,1-3H3,(H,19,21). The lowest BCUT2D eigenvalue weighted by atomic mass is 10.1. The molecule has 0 saturated heterocycles. The largest absolute Gasteiger partial charge is 0.379 e. The Bertz CT molecular complexity index is 668. The number of halogens is 1. The first kappa shape index (κ1) is 17.5. The second-order valence-corrected chi connectivity index (χ2v) is 5.88. The zero-order valence-corrected chi connectivity index (χ0v) is 14.3. The number of nitrogens with one attached hydrogen (secondary N) is 1. The normalized spacial score (nSPS) is 11.0. The van der Waals surface area contributed by atoms with Gasteiger partial charge in [0, 0.05) is 18.7 Å². The molecule has 0 aliphatic heterocycles. The van der Waals surface area contributed by atoms with Crippen molar-refractivity contribution in [1.29, 1.82) is 0 Å². The van der Waals surface area contributed by atoms with E-state index in [9.17, 15) is 4.79 Å². The minimum Gasteiger partial charge on any atom is -0.379 e. The van der Waals surface area contributed by atoms with Crippen molar-refractivity contribution in [1.82, 2.24) is 10.5 Å². The highest BCUT2D eigenvalue weighted by Crippen LogP contribution is 2.30. The molecule has 0 fully saturated rings.